The second-order valence-electron chi connectivity index (χ2n) is 4.84. The Labute approximate surface area is 119 Å². The third-order valence-electron chi connectivity index (χ3n) is 2.92. The number of carbonyl (C=O) groups is 2. The lowest BCUT2D eigenvalue weighted by Crippen LogP contribution is -2.40. The smallest absolute Gasteiger partial charge is 0.305 e. The zero-order valence-electron chi connectivity index (χ0n) is 11.5. The Kier molecular flexibility index (Phi) is 5.34. The second kappa shape index (κ2) is 6.78. The second-order valence-corrected chi connectivity index (χ2v) is 4.84. The molecule has 0 saturated carbocycles. The molecule has 1 aromatic carbocycles. The van der Waals surface area contributed by atoms with E-state index < -0.39 is 34.3 Å². The van der Waals surface area contributed by atoms with Crippen molar-refractivity contribution in [3.8, 4) is 0 Å². The summed E-state index contributed by atoms with van der Waals surface area (Å²) in [6.07, 6.45) is -0.307. The Morgan fingerprint density at radius 3 is 2.52 bits per heavy atom. The number of benzene rings is 1. The third-order valence-corrected chi connectivity index (χ3v) is 2.92. The van der Waals surface area contributed by atoms with Crippen LogP contribution in [0.1, 0.15) is 30.6 Å². The van der Waals surface area contributed by atoms with Crippen LogP contribution in [0.2, 0.25) is 0 Å². The standard InChI is InChI=1S/C13H15FN2O5/c1-7(2)10(6-12(17)18)15-13(19)9-4-3-8(14)5-11(9)16(20)21/h3-5,7,10H,6H2,1-2H3,(H,15,19)(H,17,18). The van der Waals surface area contributed by atoms with Gasteiger partial charge in [0, 0.05) is 6.04 Å². The molecule has 0 bridgehead atoms. The molecule has 21 heavy (non-hydrogen) atoms. The molecule has 1 aromatic rings. The van der Waals surface area contributed by atoms with E-state index in [4.69, 9.17) is 5.11 Å². The Morgan fingerprint density at radius 2 is 2.05 bits per heavy atom. The summed E-state index contributed by atoms with van der Waals surface area (Å²) in [5, 5.41) is 22.1. The van der Waals surface area contributed by atoms with Crippen molar-refractivity contribution >= 4 is 17.6 Å². The van der Waals surface area contributed by atoms with Crippen LogP contribution in [-0.2, 0) is 4.79 Å². The number of hydrogen-bond donors (Lipinski definition) is 2. The van der Waals surface area contributed by atoms with E-state index in [-0.39, 0.29) is 17.9 Å². The molecule has 1 unspecified atom stereocenters. The number of nitro benzene ring substituents is 1. The molecule has 114 valence electrons. The van der Waals surface area contributed by atoms with Gasteiger partial charge in [0.1, 0.15) is 11.4 Å². The highest BCUT2D eigenvalue weighted by Crippen LogP contribution is 2.20. The summed E-state index contributed by atoms with van der Waals surface area (Å²) in [6.45, 7) is 3.43. The molecule has 1 atom stereocenters. The van der Waals surface area contributed by atoms with E-state index in [9.17, 15) is 24.1 Å². The van der Waals surface area contributed by atoms with Gasteiger partial charge in [0.25, 0.3) is 11.6 Å². The van der Waals surface area contributed by atoms with E-state index in [1.165, 1.54) is 0 Å². The number of carboxylic acid groups (broad SMARTS) is 1. The normalized spacial score (nSPS) is 12.0. The van der Waals surface area contributed by atoms with Gasteiger partial charge in [0.05, 0.1) is 17.4 Å². The number of aliphatic carboxylic acids is 1. The summed E-state index contributed by atoms with van der Waals surface area (Å²) in [6, 6.07) is 1.90. The fourth-order valence-electron chi connectivity index (χ4n) is 1.74. The van der Waals surface area contributed by atoms with Crippen LogP contribution < -0.4 is 5.32 Å². The predicted octanol–water partition coefficient (Wildman–Crippen LogP) is 1.96. The van der Waals surface area contributed by atoms with E-state index in [2.05, 4.69) is 5.32 Å². The Hall–Kier alpha value is -2.51. The summed E-state index contributed by atoms with van der Waals surface area (Å²) in [4.78, 5) is 32.8. The van der Waals surface area contributed by atoms with Gasteiger partial charge in [-0.1, -0.05) is 13.8 Å². The molecular formula is C13H15FN2O5. The highest BCUT2D eigenvalue weighted by Gasteiger charge is 2.25. The SMILES string of the molecule is CC(C)C(CC(=O)O)NC(=O)c1ccc(F)cc1[N+](=O)[O-]. The average molecular weight is 298 g/mol. The molecule has 0 aliphatic heterocycles. The molecule has 2 N–H and O–H groups in total. The lowest BCUT2D eigenvalue weighted by Gasteiger charge is -2.20. The van der Waals surface area contributed by atoms with Crippen molar-refractivity contribution < 1.29 is 24.0 Å². The fourth-order valence-corrected chi connectivity index (χ4v) is 1.74. The number of carboxylic acids is 1. The quantitative estimate of drug-likeness (QED) is 0.616. The lowest BCUT2D eigenvalue weighted by molar-refractivity contribution is -0.385. The number of hydrogen-bond acceptors (Lipinski definition) is 4. The van der Waals surface area contributed by atoms with Gasteiger partial charge < -0.3 is 10.4 Å². The van der Waals surface area contributed by atoms with Crippen LogP contribution in [0.15, 0.2) is 18.2 Å². The van der Waals surface area contributed by atoms with Gasteiger partial charge in [0.15, 0.2) is 0 Å². The molecule has 1 amide bonds. The number of carbonyl (C=O) groups excluding carboxylic acids is 1. The number of amides is 1. The maximum absolute atomic E-state index is 13.0. The average Bonchev–Trinajstić information content (AvgIpc) is 2.36. The zero-order valence-corrected chi connectivity index (χ0v) is 11.5. The van der Waals surface area contributed by atoms with Crippen LogP contribution in [0, 0.1) is 21.8 Å². The minimum atomic E-state index is -1.09. The summed E-state index contributed by atoms with van der Waals surface area (Å²) in [7, 11) is 0. The van der Waals surface area contributed by atoms with Crippen LogP contribution in [0.4, 0.5) is 10.1 Å². The van der Waals surface area contributed by atoms with Crippen LogP contribution in [-0.4, -0.2) is 27.9 Å². The Bertz CT molecular complexity index is 574. The third kappa shape index (κ3) is 4.51. The monoisotopic (exact) mass is 298 g/mol. The van der Waals surface area contributed by atoms with Crippen molar-refractivity contribution in [2.45, 2.75) is 26.3 Å². The van der Waals surface area contributed by atoms with Gasteiger partial charge in [-0.15, -0.1) is 0 Å². The lowest BCUT2D eigenvalue weighted by atomic mass is 10.0. The van der Waals surface area contributed by atoms with Crippen molar-refractivity contribution in [2.24, 2.45) is 5.92 Å². The first kappa shape index (κ1) is 16.5. The number of nitrogens with one attached hydrogen (secondary N) is 1. The molecule has 0 aromatic heterocycles. The fraction of sp³-hybridized carbons (Fsp3) is 0.385. The topological polar surface area (TPSA) is 110 Å². The summed E-state index contributed by atoms with van der Waals surface area (Å²) in [5.74, 6) is -2.90. The minimum Gasteiger partial charge on any atom is -0.481 e. The predicted molar refractivity (Wildman–Crippen MR) is 71.4 cm³/mol. The van der Waals surface area contributed by atoms with Crippen molar-refractivity contribution in [3.63, 3.8) is 0 Å². The Balaban J connectivity index is 3.02. The van der Waals surface area contributed by atoms with E-state index in [0.717, 1.165) is 12.1 Å². The summed E-state index contributed by atoms with van der Waals surface area (Å²) >= 11 is 0. The number of nitro groups is 1. The summed E-state index contributed by atoms with van der Waals surface area (Å²) in [5.41, 5.74) is -0.970. The maximum atomic E-state index is 13.0. The minimum absolute atomic E-state index is 0.176. The van der Waals surface area contributed by atoms with E-state index >= 15 is 0 Å². The maximum Gasteiger partial charge on any atom is 0.305 e. The first-order valence-corrected chi connectivity index (χ1v) is 6.19. The number of nitrogens with zero attached hydrogens (tertiary/aromatic N) is 1. The molecule has 0 fully saturated rings. The molecule has 0 heterocycles. The Morgan fingerprint density at radius 1 is 1.43 bits per heavy atom. The van der Waals surface area contributed by atoms with Crippen LogP contribution in [0.3, 0.4) is 0 Å². The van der Waals surface area contributed by atoms with E-state index in [1.807, 2.05) is 0 Å². The zero-order chi connectivity index (χ0) is 16.2. The van der Waals surface area contributed by atoms with Crippen LogP contribution in [0.25, 0.3) is 0 Å². The molecule has 0 radical (unpaired) electrons. The van der Waals surface area contributed by atoms with Crippen molar-refractivity contribution in [1.29, 1.82) is 0 Å². The first-order valence-electron chi connectivity index (χ1n) is 6.19. The number of halogens is 1. The van der Waals surface area contributed by atoms with Gasteiger partial charge in [-0.2, -0.15) is 0 Å². The molecule has 0 aliphatic rings. The molecular weight excluding hydrogens is 283 g/mol. The molecule has 0 saturated heterocycles. The van der Waals surface area contributed by atoms with Gasteiger partial charge >= 0.3 is 5.97 Å². The van der Waals surface area contributed by atoms with Crippen molar-refractivity contribution in [3.05, 3.63) is 39.7 Å². The first-order chi connectivity index (χ1) is 9.72. The largest absolute Gasteiger partial charge is 0.481 e. The van der Waals surface area contributed by atoms with Gasteiger partial charge in [-0.05, 0) is 18.1 Å². The molecule has 7 nitrogen and oxygen atoms in total. The van der Waals surface area contributed by atoms with Crippen LogP contribution in [0.5, 0.6) is 0 Å². The summed E-state index contributed by atoms with van der Waals surface area (Å²) < 4.78 is 13.0. The van der Waals surface area contributed by atoms with Crippen molar-refractivity contribution in [1.82, 2.24) is 5.32 Å². The highest BCUT2D eigenvalue weighted by molar-refractivity contribution is 5.98. The van der Waals surface area contributed by atoms with Gasteiger partial charge in [-0.25, -0.2) is 4.39 Å². The van der Waals surface area contributed by atoms with E-state index in [1.54, 1.807) is 13.8 Å². The number of rotatable bonds is 6. The van der Waals surface area contributed by atoms with Gasteiger partial charge in [-0.3, -0.25) is 19.7 Å². The molecule has 0 aliphatic carbocycles. The highest BCUT2D eigenvalue weighted by atomic mass is 19.1. The van der Waals surface area contributed by atoms with E-state index in [0.29, 0.717) is 6.07 Å². The van der Waals surface area contributed by atoms with Gasteiger partial charge in [0.2, 0.25) is 0 Å². The van der Waals surface area contributed by atoms with Crippen LogP contribution >= 0.6 is 0 Å². The molecule has 1 rings (SSSR count). The van der Waals surface area contributed by atoms with Crippen molar-refractivity contribution in [2.75, 3.05) is 0 Å². The molecule has 8 heteroatoms. The molecule has 0 spiro atoms.